The predicted octanol–water partition coefficient (Wildman–Crippen LogP) is 3.01. The summed E-state index contributed by atoms with van der Waals surface area (Å²) in [6.45, 7) is 4.32. The van der Waals surface area contributed by atoms with Crippen LogP contribution in [-0.4, -0.2) is 21.3 Å². The van der Waals surface area contributed by atoms with Crippen molar-refractivity contribution in [2.75, 3.05) is 11.2 Å². The van der Waals surface area contributed by atoms with Crippen molar-refractivity contribution < 1.29 is 0 Å². The molecule has 0 saturated heterocycles. The van der Waals surface area contributed by atoms with Gasteiger partial charge < -0.3 is 5.32 Å². The van der Waals surface area contributed by atoms with Crippen LogP contribution >= 0.6 is 11.6 Å². The minimum atomic E-state index is 0.273. The van der Waals surface area contributed by atoms with E-state index in [-0.39, 0.29) is 6.04 Å². The number of hydrogen-bond acceptors (Lipinski definition) is 2. The van der Waals surface area contributed by atoms with E-state index in [0.717, 1.165) is 11.5 Å². The first-order valence-corrected chi connectivity index (χ1v) is 6.00. The first-order valence-electron chi connectivity index (χ1n) is 5.47. The van der Waals surface area contributed by atoms with Crippen molar-refractivity contribution in [2.24, 2.45) is 5.92 Å². The van der Waals surface area contributed by atoms with E-state index >= 15 is 0 Å². The monoisotopic (exact) mass is 237 g/mol. The van der Waals surface area contributed by atoms with Gasteiger partial charge in [-0.1, -0.05) is 19.9 Å². The summed E-state index contributed by atoms with van der Waals surface area (Å²) in [4.78, 5) is 4.25. The Hall–Kier alpha value is -1.22. The highest BCUT2D eigenvalue weighted by atomic mass is 35.5. The number of fused-ring (bicyclic) bond motifs is 1. The SMILES string of the molecule is CC(C)C(CCl)Nc1cccc2nccn12. The van der Waals surface area contributed by atoms with Gasteiger partial charge in [-0.25, -0.2) is 4.98 Å². The first-order chi connectivity index (χ1) is 7.72. The van der Waals surface area contributed by atoms with Crippen molar-refractivity contribution in [3.8, 4) is 0 Å². The lowest BCUT2D eigenvalue weighted by molar-refractivity contribution is 0.562. The zero-order valence-corrected chi connectivity index (χ0v) is 10.3. The summed E-state index contributed by atoms with van der Waals surface area (Å²) in [7, 11) is 0. The molecule has 0 bridgehead atoms. The van der Waals surface area contributed by atoms with Gasteiger partial charge >= 0.3 is 0 Å². The van der Waals surface area contributed by atoms with Gasteiger partial charge in [0.05, 0.1) is 0 Å². The van der Waals surface area contributed by atoms with Gasteiger partial charge in [0.2, 0.25) is 0 Å². The molecule has 1 atom stereocenters. The second-order valence-electron chi connectivity index (χ2n) is 4.22. The summed E-state index contributed by atoms with van der Waals surface area (Å²) >= 11 is 5.95. The standard InChI is InChI=1S/C12H16ClN3/c1-9(2)10(8-13)15-12-5-3-4-11-14-6-7-16(11)12/h3-7,9-10,15H,8H2,1-2H3. The summed E-state index contributed by atoms with van der Waals surface area (Å²) in [5, 5.41) is 3.45. The largest absolute Gasteiger partial charge is 0.367 e. The molecule has 0 saturated carbocycles. The number of halogens is 1. The molecule has 2 rings (SSSR count). The molecule has 2 aromatic rings. The van der Waals surface area contributed by atoms with Crippen LogP contribution in [0.25, 0.3) is 5.65 Å². The molecule has 2 aromatic heterocycles. The number of pyridine rings is 1. The van der Waals surface area contributed by atoms with Crippen molar-refractivity contribution in [1.82, 2.24) is 9.38 Å². The van der Waals surface area contributed by atoms with Crippen LogP contribution in [0.15, 0.2) is 30.6 Å². The molecular weight excluding hydrogens is 222 g/mol. The normalized spacial score (nSPS) is 13.2. The Kier molecular flexibility index (Phi) is 3.34. The number of aromatic nitrogens is 2. The molecule has 1 N–H and O–H groups in total. The number of nitrogens with zero attached hydrogens (tertiary/aromatic N) is 2. The Bertz CT molecular complexity index is 464. The molecule has 0 aromatic carbocycles. The lowest BCUT2D eigenvalue weighted by Gasteiger charge is -2.21. The van der Waals surface area contributed by atoms with Crippen molar-refractivity contribution in [3.63, 3.8) is 0 Å². The highest BCUT2D eigenvalue weighted by Crippen LogP contribution is 2.15. The molecule has 16 heavy (non-hydrogen) atoms. The highest BCUT2D eigenvalue weighted by Gasteiger charge is 2.12. The van der Waals surface area contributed by atoms with Gasteiger partial charge in [-0.3, -0.25) is 4.40 Å². The zero-order valence-electron chi connectivity index (χ0n) is 9.52. The maximum absolute atomic E-state index is 5.95. The number of alkyl halides is 1. The van der Waals surface area contributed by atoms with Crippen molar-refractivity contribution in [1.29, 1.82) is 0 Å². The molecule has 0 fully saturated rings. The lowest BCUT2D eigenvalue weighted by Crippen LogP contribution is -2.28. The summed E-state index contributed by atoms with van der Waals surface area (Å²) in [5.74, 6) is 2.13. The molecule has 0 spiro atoms. The Labute approximate surface area is 100 Å². The third-order valence-electron chi connectivity index (χ3n) is 2.73. The van der Waals surface area contributed by atoms with Crippen LogP contribution in [0.2, 0.25) is 0 Å². The van der Waals surface area contributed by atoms with E-state index in [2.05, 4.69) is 24.1 Å². The zero-order chi connectivity index (χ0) is 11.5. The van der Waals surface area contributed by atoms with Crippen molar-refractivity contribution in [2.45, 2.75) is 19.9 Å². The highest BCUT2D eigenvalue weighted by molar-refractivity contribution is 6.18. The van der Waals surface area contributed by atoms with E-state index in [0.29, 0.717) is 11.8 Å². The molecule has 86 valence electrons. The van der Waals surface area contributed by atoms with E-state index in [1.54, 1.807) is 6.20 Å². The number of imidazole rings is 1. The minimum absolute atomic E-state index is 0.273. The predicted molar refractivity (Wildman–Crippen MR) is 68.2 cm³/mol. The third kappa shape index (κ3) is 2.14. The fourth-order valence-electron chi connectivity index (χ4n) is 1.64. The third-order valence-corrected chi connectivity index (χ3v) is 3.07. The van der Waals surface area contributed by atoms with Crippen LogP contribution in [0, 0.1) is 5.92 Å². The van der Waals surface area contributed by atoms with E-state index < -0.39 is 0 Å². The van der Waals surface area contributed by atoms with Crippen LogP contribution in [0.4, 0.5) is 5.82 Å². The summed E-state index contributed by atoms with van der Waals surface area (Å²) in [5.41, 5.74) is 0.946. The molecular formula is C12H16ClN3. The van der Waals surface area contributed by atoms with Crippen LogP contribution in [0.3, 0.4) is 0 Å². The van der Waals surface area contributed by atoms with Gasteiger partial charge in [0.25, 0.3) is 0 Å². The number of anilines is 1. The van der Waals surface area contributed by atoms with Crippen molar-refractivity contribution >= 4 is 23.1 Å². The Morgan fingerprint density at radius 2 is 2.25 bits per heavy atom. The van der Waals surface area contributed by atoms with Crippen LogP contribution in [0.5, 0.6) is 0 Å². The first kappa shape index (κ1) is 11.3. The molecule has 1 unspecified atom stereocenters. The van der Waals surface area contributed by atoms with Gasteiger partial charge in [0, 0.05) is 24.3 Å². The second kappa shape index (κ2) is 4.74. The maximum atomic E-state index is 5.95. The fourth-order valence-corrected chi connectivity index (χ4v) is 2.07. The van der Waals surface area contributed by atoms with Gasteiger partial charge in [0.1, 0.15) is 11.5 Å². The lowest BCUT2D eigenvalue weighted by atomic mass is 10.1. The van der Waals surface area contributed by atoms with E-state index in [4.69, 9.17) is 11.6 Å². The van der Waals surface area contributed by atoms with Gasteiger partial charge in [0.15, 0.2) is 0 Å². The minimum Gasteiger partial charge on any atom is -0.367 e. The van der Waals surface area contributed by atoms with E-state index in [9.17, 15) is 0 Å². The Balaban J connectivity index is 2.29. The van der Waals surface area contributed by atoms with Crippen LogP contribution < -0.4 is 5.32 Å². The molecule has 0 amide bonds. The van der Waals surface area contributed by atoms with Gasteiger partial charge in [-0.15, -0.1) is 11.6 Å². The molecule has 3 nitrogen and oxygen atoms in total. The number of rotatable bonds is 4. The molecule has 0 aliphatic heterocycles. The molecule has 0 radical (unpaired) electrons. The number of nitrogens with one attached hydrogen (secondary N) is 1. The summed E-state index contributed by atoms with van der Waals surface area (Å²) < 4.78 is 2.03. The molecule has 0 aliphatic rings. The summed E-state index contributed by atoms with van der Waals surface area (Å²) in [6, 6.07) is 6.29. The molecule has 2 heterocycles. The van der Waals surface area contributed by atoms with Gasteiger partial charge in [-0.2, -0.15) is 0 Å². The van der Waals surface area contributed by atoms with E-state index in [1.807, 2.05) is 28.8 Å². The van der Waals surface area contributed by atoms with Crippen LogP contribution in [-0.2, 0) is 0 Å². The Morgan fingerprint density at radius 1 is 1.44 bits per heavy atom. The Morgan fingerprint density at radius 3 is 2.94 bits per heavy atom. The smallest absolute Gasteiger partial charge is 0.138 e. The average Bonchev–Trinajstić information content (AvgIpc) is 2.73. The quantitative estimate of drug-likeness (QED) is 0.829. The topological polar surface area (TPSA) is 29.3 Å². The maximum Gasteiger partial charge on any atom is 0.138 e. The average molecular weight is 238 g/mol. The number of hydrogen-bond donors (Lipinski definition) is 1. The molecule has 4 heteroatoms. The van der Waals surface area contributed by atoms with Crippen LogP contribution in [0.1, 0.15) is 13.8 Å². The summed E-state index contributed by atoms with van der Waals surface area (Å²) in [6.07, 6.45) is 3.74. The van der Waals surface area contributed by atoms with Crippen molar-refractivity contribution in [3.05, 3.63) is 30.6 Å². The van der Waals surface area contributed by atoms with E-state index in [1.165, 1.54) is 0 Å². The second-order valence-corrected chi connectivity index (χ2v) is 4.52. The molecule has 0 aliphatic carbocycles. The van der Waals surface area contributed by atoms with Gasteiger partial charge in [-0.05, 0) is 18.1 Å². The fraction of sp³-hybridized carbons (Fsp3) is 0.417.